The fourth-order valence-corrected chi connectivity index (χ4v) is 1.54. The number of hydrogen-bond acceptors (Lipinski definition) is 6. The standard InChI is InChI=1S/C15H17NO8/c17-12(18)6-7-13(19)23-9-11(14(20)21)16-15(22)24-8-10-4-2-1-3-5-10/h1-5,11H,6-9H2,(H,16,22)(H,17,18)(H,20,21)/t11-/m0/s1. The van der Waals surface area contributed by atoms with E-state index >= 15 is 0 Å². The van der Waals surface area contributed by atoms with Crippen LogP contribution in [0.5, 0.6) is 0 Å². The molecule has 1 aromatic carbocycles. The second kappa shape index (κ2) is 9.82. The summed E-state index contributed by atoms with van der Waals surface area (Å²) in [4.78, 5) is 44.2. The van der Waals surface area contributed by atoms with Gasteiger partial charge in [0.25, 0.3) is 0 Å². The Morgan fingerprint density at radius 3 is 2.25 bits per heavy atom. The molecule has 1 rings (SSSR count). The first-order valence-corrected chi connectivity index (χ1v) is 6.96. The lowest BCUT2D eigenvalue weighted by Gasteiger charge is -2.14. The van der Waals surface area contributed by atoms with E-state index in [-0.39, 0.29) is 13.0 Å². The molecular formula is C15H17NO8. The fraction of sp³-hybridized carbons (Fsp3) is 0.333. The first-order chi connectivity index (χ1) is 11.4. The third kappa shape index (κ3) is 7.78. The van der Waals surface area contributed by atoms with Crippen LogP contribution in [0.1, 0.15) is 18.4 Å². The quantitative estimate of drug-likeness (QED) is 0.561. The number of hydrogen-bond donors (Lipinski definition) is 3. The maximum atomic E-state index is 11.6. The van der Waals surface area contributed by atoms with E-state index in [0.717, 1.165) is 5.56 Å². The van der Waals surface area contributed by atoms with Gasteiger partial charge in [-0.1, -0.05) is 30.3 Å². The Balaban J connectivity index is 2.39. The molecular weight excluding hydrogens is 322 g/mol. The van der Waals surface area contributed by atoms with Gasteiger partial charge in [-0.25, -0.2) is 9.59 Å². The number of ether oxygens (including phenoxy) is 2. The van der Waals surface area contributed by atoms with Gasteiger partial charge in [0.15, 0.2) is 6.04 Å². The summed E-state index contributed by atoms with van der Waals surface area (Å²) in [5, 5.41) is 19.5. The molecule has 0 bridgehead atoms. The third-order valence-corrected chi connectivity index (χ3v) is 2.76. The lowest BCUT2D eigenvalue weighted by molar-refractivity contribution is -0.151. The molecule has 0 aliphatic heterocycles. The Hall–Kier alpha value is -3.10. The van der Waals surface area contributed by atoms with Gasteiger partial charge in [0, 0.05) is 0 Å². The molecule has 24 heavy (non-hydrogen) atoms. The summed E-state index contributed by atoms with van der Waals surface area (Å²) in [6, 6.07) is 7.27. The van der Waals surface area contributed by atoms with Crippen LogP contribution in [0.2, 0.25) is 0 Å². The maximum Gasteiger partial charge on any atom is 0.408 e. The largest absolute Gasteiger partial charge is 0.481 e. The zero-order chi connectivity index (χ0) is 17.9. The number of aliphatic carboxylic acids is 2. The van der Waals surface area contributed by atoms with Crippen molar-refractivity contribution in [1.29, 1.82) is 0 Å². The Labute approximate surface area is 137 Å². The molecule has 9 heteroatoms. The monoisotopic (exact) mass is 339 g/mol. The van der Waals surface area contributed by atoms with Crippen molar-refractivity contribution >= 4 is 24.0 Å². The van der Waals surface area contributed by atoms with Crippen molar-refractivity contribution in [2.24, 2.45) is 0 Å². The van der Waals surface area contributed by atoms with E-state index in [1.54, 1.807) is 30.3 Å². The molecule has 1 aromatic rings. The molecule has 0 aliphatic carbocycles. The maximum absolute atomic E-state index is 11.6. The van der Waals surface area contributed by atoms with Gasteiger partial charge in [0.2, 0.25) is 0 Å². The van der Waals surface area contributed by atoms with Crippen molar-refractivity contribution in [2.75, 3.05) is 6.61 Å². The lowest BCUT2D eigenvalue weighted by Crippen LogP contribution is -2.44. The average Bonchev–Trinajstić information content (AvgIpc) is 2.55. The summed E-state index contributed by atoms with van der Waals surface area (Å²) < 4.78 is 9.49. The molecule has 0 aliphatic rings. The van der Waals surface area contributed by atoms with Crippen LogP contribution in [-0.2, 0) is 30.5 Å². The molecule has 0 radical (unpaired) electrons. The lowest BCUT2D eigenvalue weighted by atomic mass is 10.2. The number of carbonyl (C=O) groups excluding carboxylic acids is 2. The summed E-state index contributed by atoms with van der Waals surface area (Å²) in [7, 11) is 0. The van der Waals surface area contributed by atoms with E-state index in [4.69, 9.17) is 14.9 Å². The number of alkyl carbamates (subject to hydrolysis) is 1. The highest BCUT2D eigenvalue weighted by Gasteiger charge is 2.22. The molecule has 0 saturated heterocycles. The zero-order valence-corrected chi connectivity index (χ0v) is 12.6. The molecule has 0 fully saturated rings. The molecule has 0 saturated carbocycles. The number of carboxylic acids is 2. The second-order valence-electron chi connectivity index (χ2n) is 4.67. The molecule has 0 spiro atoms. The molecule has 130 valence electrons. The first kappa shape index (κ1) is 18.9. The Morgan fingerprint density at radius 1 is 1.00 bits per heavy atom. The van der Waals surface area contributed by atoms with E-state index in [1.807, 2.05) is 0 Å². The van der Waals surface area contributed by atoms with Gasteiger partial charge in [0.05, 0.1) is 12.8 Å². The van der Waals surface area contributed by atoms with E-state index in [1.165, 1.54) is 0 Å². The number of esters is 1. The van der Waals surface area contributed by atoms with Crippen molar-refractivity contribution in [3.05, 3.63) is 35.9 Å². The number of amides is 1. The number of carbonyl (C=O) groups is 4. The van der Waals surface area contributed by atoms with Gasteiger partial charge in [-0.3, -0.25) is 9.59 Å². The minimum absolute atomic E-state index is 0.0442. The van der Waals surface area contributed by atoms with Crippen molar-refractivity contribution in [3.8, 4) is 0 Å². The first-order valence-electron chi connectivity index (χ1n) is 6.96. The molecule has 1 atom stereocenters. The van der Waals surface area contributed by atoms with Crippen molar-refractivity contribution < 1.29 is 38.9 Å². The smallest absolute Gasteiger partial charge is 0.408 e. The number of rotatable bonds is 9. The summed E-state index contributed by atoms with van der Waals surface area (Å²) >= 11 is 0. The van der Waals surface area contributed by atoms with Crippen LogP contribution >= 0.6 is 0 Å². The van der Waals surface area contributed by atoms with Gasteiger partial charge >= 0.3 is 24.0 Å². The molecule has 1 amide bonds. The fourth-order valence-electron chi connectivity index (χ4n) is 1.54. The summed E-state index contributed by atoms with van der Waals surface area (Å²) in [6.45, 7) is -0.675. The van der Waals surface area contributed by atoms with E-state index in [0.29, 0.717) is 0 Å². The topological polar surface area (TPSA) is 139 Å². The Morgan fingerprint density at radius 2 is 1.67 bits per heavy atom. The number of carboxylic acid groups (broad SMARTS) is 2. The van der Waals surface area contributed by atoms with Crippen LogP contribution in [0.25, 0.3) is 0 Å². The van der Waals surface area contributed by atoms with Crippen LogP contribution in [0, 0.1) is 0 Å². The predicted octanol–water partition coefficient (Wildman–Crippen LogP) is 0.774. The summed E-state index contributed by atoms with van der Waals surface area (Å²) in [6.07, 6.45) is -1.80. The van der Waals surface area contributed by atoms with Crippen molar-refractivity contribution in [3.63, 3.8) is 0 Å². The van der Waals surface area contributed by atoms with Gasteiger partial charge in [-0.05, 0) is 5.56 Å². The zero-order valence-electron chi connectivity index (χ0n) is 12.6. The molecule has 0 heterocycles. The minimum atomic E-state index is -1.50. The molecule has 3 N–H and O–H groups in total. The molecule has 0 aromatic heterocycles. The normalized spacial score (nSPS) is 11.2. The predicted molar refractivity (Wildman–Crippen MR) is 79.0 cm³/mol. The van der Waals surface area contributed by atoms with Gasteiger partial charge in [0.1, 0.15) is 13.2 Å². The average molecular weight is 339 g/mol. The number of benzene rings is 1. The Bertz CT molecular complexity index is 586. The second-order valence-corrected chi connectivity index (χ2v) is 4.67. The van der Waals surface area contributed by atoms with Gasteiger partial charge < -0.3 is 25.0 Å². The van der Waals surface area contributed by atoms with Crippen LogP contribution in [0.15, 0.2) is 30.3 Å². The molecule has 0 unspecified atom stereocenters. The summed E-state index contributed by atoms with van der Waals surface area (Å²) in [5.74, 6) is -3.47. The van der Waals surface area contributed by atoms with Gasteiger partial charge in [-0.2, -0.15) is 0 Å². The van der Waals surface area contributed by atoms with E-state index < -0.39 is 43.1 Å². The van der Waals surface area contributed by atoms with Crippen molar-refractivity contribution in [1.82, 2.24) is 5.32 Å². The van der Waals surface area contributed by atoms with Crippen LogP contribution in [-0.4, -0.2) is 46.9 Å². The van der Waals surface area contributed by atoms with E-state index in [9.17, 15) is 19.2 Å². The highest BCUT2D eigenvalue weighted by atomic mass is 16.6. The highest BCUT2D eigenvalue weighted by molar-refractivity contribution is 5.81. The SMILES string of the molecule is O=C(O)CCC(=O)OC[C@H](NC(=O)OCc1ccccc1)C(=O)O. The third-order valence-electron chi connectivity index (χ3n) is 2.76. The minimum Gasteiger partial charge on any atom is -0.481 e. The van der Waals surface area contributed by atoms with Crippen LogP contribution < -0.4 is 5.32 Å². The van der Waals surface area contributed by atoms with Crippen LogP contribution in [0.3, 0.4) is 0 Å². The van der Waals surface area contributed by atoms with E-state index in [2.05, 4.69) is 10.1 Å². The Kier molecular flexibility index (Phi) is 7.76. The number of nitrogens with one attached hydrogen (secondary N) is 1. The van der Waals surface area contributed by atoms with Crippen molar-refractivity contribution in [2.45, 2.75) is 25.5 Å². The summed E-state index contributed by atoms with van der Waals surface area (Å²) in [5.41, 5.74) is 0.722. The van der Waals surface area contributed by atoms with Crippen LogP contribution in [0.4, 0.5) is 4.79 Å². The van der Waals surface area contributed by atoms with Gasteiger partial charge in [-0.15, -0.1) is 0 Å². The highest BCUT2D eigenvalue weighted by Crippen LogP contribution is 2.01. The molecule has 9 nitrogen and oxygen atoms in total.